The van der Waals surface area contributed by atoms with E-state index in [0.29, 0.717) is 18.8 Å². The molecule has 0 bridgehead atoms. The highest BCUT2D eigenvalue weighted by atomic mass is 16.2. The van der Waals surface area contributed by atoms with Gasteiger partial charge in [0, 0.05) is 23.9 Å². The third-order valence-corrected chi connectivity index (χ3v) is 6.48. The summed E-state index contributed by atoms with van der Waals surface area (Å²) < 4.78 is 3.08. The topological polar surface area (TPSA) is 98.5 Å². The van der Waals surface area contributed by atoms with Crippen LogP contribution < -0.4 is 5.69 Å². The maximum Gasteiger partial charge on any atom is 0.335 e. The molecule has 4 rings (SSSR count). The van der Waals surface area contributed by atoms with Crippen LogP contribution in [0, 0.1) is 0 Å². The molecule has 4 aromatic rings. The molecule has 0 saturated carbocycles. The lowest BCUT2D eigenvalue weighted by atomic mass is 9.98. The van der Waals surface area contributed by atoms with Gasteiger partial charge in [0.15, 0.2) is 0 Å². The largest absolute Gasteiger partial charge is 0.335 e. The first-order valence-electron chi connectivity index (χ1n) is 12.9. The van der Waals surface area contributed by atoms with E-state index in [1.807, 2.05) is 55.5 Å². The molecular weight excluding hydrogens is 452 g/mol. The molecule has 0 spiro atoms. The molecule has 36 heavy (non-hydrogen) atoms. The molecular formula is C28H34N6O2. The van der Waals surface area contributed by atoms with Gasteiger partial charge >= 0.3 is 5.69 Å². The first kappa shape index (κ1) is 25.3. The van der Waals surface area contributed by atoms with Gasteiger partial charge in [0.2, 0.25) is 11.7 Å². The number of carbonyl (C=O) groups excluding carboxylic acids is 1. The Balaban J connectivity index is 1.59. The highest BCUT2D eigenvalue weighted by molar-refractivity contribution is 5.80. The van der Waals surface area contributed by atoms with E-state index in [1.165, 1.54) is 11.0 Å². The molecule has 0 aliphatic heterocycles. The van der Waals surface area contributed by atoms with E-state index in [0.717, 1.165) is 66.5 Å². The maximum absolute atomic E-state index is 13.2. The highest BCUT2D eigenvalue weighted by Crippen LogP contribution is 2.29. The van der Waals surface area contributed by atoms with Gasteiger partial charge in [-0.3, -0.25) is 9.36 Å². The normalized spacial score (nSPS) is 11.2. The van der Waals surface area contributed by atoms with E-state index in [9.17, 15) is 9.59 Å². The lowest BCUT2D eigenvalue weighted by molar-refractivity contribution is 0.0894. The predicted molar refractivity (Wildman–Crippen MR) is 141 cm³/mol. The Labute approximate surface area is 211 Å². The summed E-state index contributed by atoms with van der Waals surface area (Å²) in [5.41, 5.74) is 4.62. The van der Waals surface area contributed by atoms with Crippen LogP contribution in [-0.2, 0) is 13.0 Å². The standard InChI is InChI=1S/C28H34N6O2/c1-3-5-7-8-11-23-20-34(26(35)14-6-4-2)28(36)33(23)19-21-15-17-22(18-16-21)24-12-9-10-13-25(24)27-29-31-32-30-27/h9-10,12-13,15-18,20H,3-8,11,14,19H2,1-2H3,(H,29,30,31,32). The van der Waals surface area contributed by atoms with Crippen LogP contribution in [0.2, 0.25) is 0 Å². The number of aromatic nitrogens is 6. The van der Waals surface area contributed by atoms with Crippen LogP contribution in [0.1, 0.15) is 74.8 Å². The van der Waals surface area contributed by atoms with Gasteiger partial charge in [-0.25, -0.2) is 9.36 Å². The molecule has 2 heterocycles. The zero-order chi connectivity index (χ0) is 25.3. The Kier molecular flexibility index (Phi) is 8.60. The summed E-state index contributed by atoms with van der Waals surface area (Å²) in [6.45, 7) is 4.66. The van der Waals surface area contributed by atoms with Gasteiger partial charge in [-0.2, -0.15) is 5.21 Å². The van der Waals surface area contributed by atoms with Crippen molar-refractivity contribution in [3.63, 3.8) is 0 Å². The van der Waals surface area contributed by atoms with Gasteiger partial charge in [-0.05, 0) is 41.2 Å². The van der Waals surface area contributed by atoms with Crippen LogP contribution in [-0.4, -0.2) is 35.7 Å². The first-order valence-corrected chi connectivity index (χ1v) is 12.9. The average Bonchev–Trinajstić information content (AvgIpc) is 3.55. The molecule has 2 aromatic carbocycles. The zero-order valence-electron chi connectivity index (χ0n) is 21.1. The second-order valence-electron chi connectivity index (χ2n) is 9.15. The maximum atomic E-state index is 13.2. The number of imidazole rings is 1. The van der Waals surface area contributed by atoms with Crippen LogP contribution in [0.25, 0.3) is 22.5 Å². The summed E-state index contributed by atoms with van der Waals surface area (Å²) in [5.74, 6) is 0.423. The van der Waals surface area contributed by atoms with E-state index >= 15 is 0 Å². The van der Waals surface area contributed by atoms with Crippen molar-refractivity contribution in [2.24, 2.45) is 0 Å². The van der Waals surface area contributed by atoms with Crippen LogP contribution in [0.5, 0.6) is 0 Å². The molecule has 0 unspecified atom stereocenters. The molecule has 1 N–H and O–H groups in total. The van der Waals surface area contributed by atoms with Crippen molar-refractivity contribution in [3.05, 3.63) is 76.5 Å². The van der Waals surface area contributed by atoms with Gasteiger partial charge < -0.3 is 0 Å². The summed E-state index contributed by atoms with van der Waals surface area (Å²) >= 11 is 0. The molecule has 8 nitrogen and oxygen atoms in total. The van der Waals surface area contributed by atoms with E-state index in [4.69, 9.17) is 0 Å². The van der Waals surface area contributed by atoms with E-state index in [1.54, 1.807) is 10.8 Å². The summed E-state index contributed by atoms with van der Waals surface area (Å²) in [7, 11) is 0. The monoisotopic (exact) mass is 486 g/mol. The predicted octanol–water partition coefficient (Wildman–Crippen LogP) is 5.50. The van der Waals surface area contributed by atoms with Gasteiger partial charge in [-0.15, -0.1) is 10.2 Å². The summed E-state index contributed by atoms with van der Waals surface area (Å²) in [6, 6.07) is 16.1. The zero-order valence-corrected chi connectivity index (χ0v) is 21.1. The van der Waals surface area contributed by atoms with Crippen LogP contribution >= 0.6 is 0 Å². The van der Waals surface area contributed by atoms with Crippen molar-refractivity contribution in [3.8, 4) is 22.5 Å². The molecule has 0 radical (unpaired) electrons. The number of nitrogens with one attached hydrogen (secondary N) is 1. The fraction of sp³-hybridized carbons (Fsp3) is 0.393. The number of nitrogens with zero attached hydrogens (tertiary/aromatic N) is 5. The average molecular weight is 487 g/mol. The lowest BCUT2D eigenvalue weighted by Crippen LogP contribution is -2.29. The molecule has 0 saturated heterocycles. The molecule has 2 aromatic heterocycles. The van der Waals surface area contributed by atoms with E-state index in [2.05, 4.69) is 27.5 Å². The third-order valence-electron chi connectivity index (χ3n) is 6.48. The Morgan fingerprint density at radius 1 is 0.917 bits per heavy atom. The number of aromatic amines is 1. The third kappa shape index (κ3) is 5.87. The van der Waals surface area contributed by atoms with Crippen molar-refractivity contribution < 1.29 is 4.79 Å². The smallest absolute Gasteiger partial charge is 0.292 e. The van der Waals surface area contributed by atoms with E-state index < -0.39 is 0 Å². The minimum atomic E-state index is -0.242. The molecule has 0 amide bonds. The molecule has 8 heteroatoms. The number of hydrogen-bond acceptors (Lipinski definition) is 5. The minimum Gasteiger partial charge on any atom is -0.292 e. The van der Waals surface area contributed by atoms with Crippen LogP contribution in [0.3, 0.4) is 0 Å². The molecule has 188 valence electrons. The lowest BCUT2D eigenvalue weighted by Gasteiger charge is -2.10. The van der Waals surface area contributed by atoms with Gasteiger partial charge in [0.1, 0.15) is 0 Å². The first-order chi connectivity index (χ1) is 17.6. The number of H-pyrrole nitrogens is 1. The van der Waals surface area contributed by atoms with E-state index in [-0.39, 0.29) is 11.6 Å². The molecule has 0 fully saturated rings. The van der Waals surface area contributed by atoms with Gasteiger partial charge in [0.05, 0.1) is 6.54 Å². The minimum absolute atomic E-state index is 0.121. The second-order valence-corrected chi connectivity index (χ2v) is 9.15. The number of unbranched alkanes of at least 4 members (excludes halogenated alkanes) is 4. The highest BCUT2D eigenvalue weighted by Gasteiger charge is 2.17. The van der Waals surface area contributed by atoms with Gasteiger partial charge in [0.25, 0.3) is 0 Å². The number of carbonyl (C=O) groups is 1. The number of tetrazole rings is 1. The fourth-order valence-corrected chi connectivity index (χ4v) is 4.43. The van der Waals surface area contributed by atoms with Gasteiger partial charge in [-0.1, -0.05) is 88.1 Å². The number of hydrogen-bond donors (Lipinski definition) is 1. The Morgan fingerprint density at radius 3 is 2.36 bits per heavy atom. The summed E-state index contributed by atoms with van der Waals surface area (Å²) in [4.78, 5) is 25.9. The quantitative estimate of drug-likeness (QED) is 0.267. The fourth-order valence-electron chi connectivity index (χ4n) is 4.43. The molecule has 0 aliphatic carbocycles. The van der Waals surface area contributed by atoms with Crippen LogP contribution in [0.15, 0.2) is 59.5 Å². The molecule has 0 atom stereocenters. The Morgan fingerprint density at radius 2 is 1.67 bits per heavy atom. The van der Waals surface area contributed by atoms with Crippen molar-refractivity contribution in [1.29, 1.82) is 0 Å². The number of rotatable bonds is 12. The van der Waals surface area contributed by atoms with Crippen molar-refractivity contribution >= 4 is 5.91 Å². The summed E-state index contributed by atoms with van der Waals surface area (Å²) in [5, 5.41) is 14.4. The number of aryl methyl sites for hydroxylation is 1. The number of benzene rings is 2. The molecule has 0 aliphatic rings. The van der Waals surface area contributed by atoms with Crippen molar-refractivity contribution in [2.75, 3.05) is 0 Å². The summed E-state index contributed by atoms with van der Waals surface area (Å²) in [6.07, 6.45) is 9.12. The second kappa shape index (κ2) is 12.2. The Hall–Kier alpha value is -3.81. The van der Waals surface area contributed by atoms with Crippen molar-refractivity contribution in [1.82, 2.24) is 29.8 Å². The Bertz CT molecular complexity index is 1320. The SMILES string of the molecule is CCCCCCc1cn(C(=O)CCCC)c(=O)n1Cc1ccc(-c2ccccc2-c2nn[nH]n2)cc1. The van der Waals surface area contributed by atoms with Crippen molar-refractivity contribution in [2.45, 2.75) is 71.8 Å². The van der Waals surface area contributed by atoms with Crippen LogP contribution in [0.4, 0.5) is 0 Å².